The van der Waals surface area contributed by atoms with Crippen LogP contribution >= 0.6 is 0 Å². The van der Waals surface area contributed by atoms with E-state index in [0.29, 0.717) is 0 Å². The lowest BCUT2D eigenvalue weighted by Crippen LogP contribution is -2.55. The Morgan fingerprint density at radius 2 is 1.73 bits per heavy atom. The Bertz CT molecular complexity index is 837. The number of nitrogens with zero attached hydrogens (tertiary/aromatic N) is 1. The summed E-state index contributed by atoms with van der Waals surface area (Å²) < 4.78 is 10.5. The van der Waals surface area contributed by atoms with Gasteiger partial charge in [-0.15, -0.1) is 0 Å². The molecule has 1 aliphatic rings. The molecule has 0 bridgehead atoms. The molecule has 2 rings (SSSR count). The molecule has 9 heteroatoms. The SMILES string of the molecule is CC(C)OC(=O)[C@H]1C(=O)C[C@](C)(O)[C@@H](C(=O)OC(C)C)[C@@H]1c1cccc([N+](=O)[O-])c1. The fourth-order valence-corrected chi connectivity index (χ4v) is 3.87. The first-order valence-corrected chi connectivity index (χ1v) is 9.75. The zero-order valence-corrected chi connectivity index (χ0v) is 17.7. The first kappa shape index (κ1) is 23.5. The molecule has 1 aromatic carbocycles. The van der Waals surface area contributed by atoms with Crippen LogP contribution in [0.2, 0.25) is 0 Å². The number of hydrogen-bond acceptors (Lipinski definition) is 8. The molecular formula is C21H27NO8. The monoisotopic (exact) mass is 421 g/mol. The summed E-state index contributed by atoms with van der Waals surface area (Å²) in [6.07, 6.45) is -1.47. The molecule has 1 N–H and O–H groups in total. The zero-order chi connectivity index (χ0) is 22.8. The summed E-state index contributed by atoms with van der Waals surface area (Å²) >= 11 is 0. The van der Waals surface area contributed by atoms with E-state index in [-0.39, 0.29) is 11.3 Å². The highest BCUT2D eigenvalue weighted by Gasteiger charge is 2.57. The van der Waals surface area contributed by atoms with Crippen molar-refractivity contribution in [3.05, 3.63) is 39.9 Å². The van der Waals surface area contributed by atoms with Crippen LogP contribution in [0.3, 0.4) is 0 Å². The van der Waals surface area contributed by atoms with E-state index in [9.17, 15) is 29.6 Å². The van der Waals surface area contributed by atoms with Gasteiger partial charge in [0.2, 0.25) is 0 Å². The van der Waals surface area contributed by atoms with Gasteiger partial charge in [0.25, 0.3) is 5.69 Å². The van der Waals surface area contributed by atoms with E-state index in [1.54, 1.807) is 27.7 Å². The number of esters is 2. The maximum Gasteiger partial charge on any atom is 0.317 e. The minimum atomic E-state index is -1.81. The van der Waals surface area contributed by atoms with Gasteiger partial charge in [0, 0.05) is 24.5 Å². The van der Waals surface area contributed by atoms with Crippen LogP contribution in [0.5, 0.6) is 0 Å². The van der Waals surface area contributed by atoms with Crippen LogP contribution in [-0.2, 0) is 23.9 Å². The first-order valence-electron chi connectivity index (χ1n) is 9.75. The van der Waals surface area contributed by atoms with Crippen LogP contribution in [-0.4, -0.2) is 45.6 Å². The van der Waals surface area contributed by atoms with Crippen LogP contribution < -0.4 is 0 Å². The van der Waals surface area contributed by atoms with E-state index in [0.717, 1.165) is 0 Å². The average Bonchev–Trinajstić information content (AvgIpc) is 2.58. The van der Waals surface area contributed by atoms with E-state index in [4.69, 9.17) is 9.47 Å². The largest absolute Gasteiger partial charge is 0.463 e. The Morgan fingerprint density at radius 3 is 2.27 bits per heavy atom. The fourth-order valence-electron chi connectivity index (χ4n) is 3.87. The molecule has 0 aliphatic heterocycles. The number of rotatable bonds is 6. The molecule has 1 aliphatic carbocycles. The Labute approximate surface area is 174 Å². The Balaban J connectivity index is 2.67. The third kappa shape index (κ3) is 5.02. The quantitative estimate of drug-likeness (QED) is 0.321. The maximum absolute atomic E-state index is 12.9. The summed E-state index contributed by atoms with van der Waals surface area (Å²) in [4.78, 5) is 49.3. The fraction of sp³-hybridized carbons (Fsp3) is 0.571. The van der Waals surface area contributed by atoms with Gasteiger partial charge in [-0.2, -0.15) is 0 Å². The molecule has 1 fully saturated rings. The van der Waals surface area contributed by atoms with Gasteiger partial charge in [-0.1, -0.05) is 12.1 Å². The second-order valence-corrected chi connectivity index (χ2v) is 8.30. The van der Waals surface area contributed by atoms with Crippen molar-refractivity contribution >= 4 is 23.4 Å². The Kier molecular flexibility index (Phi) is 6.97. The van der Waals surface area contributed by atoms with E-state index < -0.39 is 64.6 Å². The van der Waals surface area contributed by atoms with Crippen molar-refractivity contribution in [2.24, 2.45) is 11.8 Å². The van der Waals surface area contributed by atoms with Crippen molar-refractivity contribution in [2.45, 2.75) is 64.8 Å². The Hall–Kier alpha value is -2.81. The van der Waals surface area contributed by atoms with Crippen molar-refractivity contribution in [3.8, 4) is 0 Å². The molecule has 0 saturated heterocycles. The van der Waals surface area contributed by atoms with Gasteiger partial charge in [0.1, 0.15) is 5.92 Å². The number of carbonyl (C=O) groups excluding carboxylic acids is 3. The highest BCUT2D eigenvalue weighted by atomic mass is 16.6. The van der Waals surface area contributed by atoms with E-state index in [1.807, 2.05) is 0 Å². The molecular weight excluding hydrogens is 394 g/mol. The van der Waals surface area contributed by atoms with Crippen molar-refractivity contribution in [2.75, 3.05) is 0 Å². The third-order valence-corrected chi connectivity index (χ3v) is 4.94. The topological polar surface area (TPSA) is 133 Å². The van der Waals surface area contributed by atoms with Gasteiger partial charge >= 0.3 is 11.9 Å². The number of nitro groups is 1. The highest BCUT2D eigenvalue weighted by Crippen LogP contribution is 2.47. The lowest BCUT2D eigenvalue weighted by molar-refractivity contribution is -0.385. The molecule has 1 saturated carbocycles. The summed E-state index contributed by atoms with van der Waals surface area (Å²) in [6.45, 7) is 7.83. The van der Waals surface area contributed by atoms with Crippen molar-refractivity contribution in [1.82, 2.24) is 0 Å². The molecule has 164 valence electrons. The smallest absolute Gasteiger partial charge is 0.317 e. The van der Waals surface area contributed by atoms with Crippen LogP contribution in [0.1, 0.15) is 52.5 Å². The van der Waals surface area contributed by atoms with E-state index >= 15 is 0 Å². The van der Waals surface area contributed by atoms with Gasteiger partial charge in [-0.3, -0.25) is 24.5 Å². The normalized spacial score (nSPS) is 26.5. The van der Waals surface area contributed by atoms with Crippen molar-refractivity contribution in [3.63, 3.8) is 0 Å². The molecule has 0 spiro atoms. The number of Topliss-reactive ketones (excluding diaryl/α,β-unsaturated/α-hetero) is 1. The van der Waals surface area contributed by atoms with E-state index in [1.165, 1.54) is 31.2 Å². The molecule has 0 heterocycles. The number of benzene rings is 1. The van der Waals surface area contributed by atoms with Gasteiger partial charge in [-0.25, -0.2) is 0 Å². The molecule has 0 unspecified atom stereocenters. The maximum atomic E-state index is 12.9. The Morgan fingerprint density at radius 1 is 1.17 bits per heavy atom. The second kappa shape index (κ2) is 8.91. The molecule has 0 aromatic heterocycles. The molecule has 4 atom stereocenters. The zero-order valence-electron chi connectivity index (χ0n) is 17.7. The predicted molar refractivity (Wildman–Crippen MR) is 106 cm³/mol. The number of aliphatic hydroxyl groups is 1. The predicted octanol–water partition coefficient (Wildman–Crippen LogP) is 2.54. The molecule has 1 aromatic rings. The van der Waals surface area contributed by atoms with Gasteiger partial charge in [0.05, 0.1) is 28.7 Å². The number of ether oxygens (including phenoxy) is 2. The van der Waals surface area contributed by atoms with Crippen LogP contribution in [0, 0.1) is 22.0 Å². The van der Waals surface area contributed by atoms with Gasteiger partial charge in [-0.05, 0) is 40.2 Å². The van der Waals surface area contributed by atoms with Crippen molar-refractivity contribution in [1.29, 1.82) is 0 Å². The molecule has 9 nitrogen and oxygen atoms in total. The van der Waals surface area contributed by atoms with E-state index in [2.05, 4.69) is 0 Å². The third-order valence-electron chi connectivity index (χ3n) is 4.94. The summed E-state index contributed by atoms with van der Waals surface area (Å²) in [5.74, 6) is -6.12. The van der Waals surface area contributed by atoms with Crippen LogP contribution in [0.15, 0.2) is 24.3 Å². The standard InChI is InChI=1S/C21H27NO8/c1-11(2)29-19(24)17-15(23)10-21(5,26)18(20(25)30-12(3)4)16(17)13-7-6-8-14(9-13)22(27)28/h6-9,11-12,16-18,26H,10H2,1-5H3/t16-,17+,18-,21+/m1/s1. The summed E-state index contributed by atoms with van der Waals surface area (Å²) in [7, 11) is 0. The molecule has 0 radical (unpaired) electrons. The summed E-state index contributed by atoms with van der Waals surface area (Å²) in [5, 5.41) is 22.2. The number of non-ortho nitro benzene ring substituents is 1. The lowest BCUT2D eigenvalue weighted by atomic mass is 9.61. The number of nitro benzene ring substituents is 1. The average molecular weight is 421 g/mol. The lowest BCUT2D eigenvalue weighted by Gasteiger charge is -2.43. The summed E-state index contributed by atoms with van der Waals surface area (Å²) in [5.41, 5.74) is -1.88. The van der Waals surface area contributed by atoms with Gasteiger partial charge in [0.15, 0.2) is 5.78 Å². The summed E-state index contributed by atoms with van der Waals surface area (Å²) in [6, 6.07) is 5.34. The number of hydrogen-bond donors (Lipinski definition) is 1. The highest BCUT2D eigenvalue weighted by molar-refractivity contribution is 6.02. The minimum Gasteiger partial charge on any atom is -0.463 e. The van der Waals surface area contributed by atoms with Gasteiger partial charge < -0.3 is 14.6 Å². The van der Waals surface area contributed by atoms with Crippen molar-refractivity contribution < 1.29 is 33.9 Å². The number of carbonyl (C=O) groups is 3. The van der Waals surface area contributed by atoms with Crippen LogP contribution in [0.4, 0.5) is 5.69 Å². The number of ketones is 1. The first-order chi connectivity index (χ1) is 13.8. The molecule has 0 amide bonds. The van der Waals surface area contributed by atoms with Crippen LogP contribution in [0.25, 0.3) is 0 Å². The second-order valence-electron chi connectivity index (χ2n) is 8.30. The molecule has 30 heavy (non-hydrogen) atoms. The minimum absolute atomic E-state index is 0.203.